The Kier molecular flexibility index (Phi) is 5.57. The van der Waals surface area contributed by atoms with Gasteiger partial charge in [-0.15, -0.1) is 0 Å². The molecule has 1 aromatic carbocycles. The predicted octanol–water partition coefficient (Wildman–Crippen LogP) is 0.790. The molecular weight excluding hydrogens is 382 g/mol. The molecule has 3 rings (SSSR count). The van der Waals surface area contributed by atoms with Gasteiger partial charge in [-0.25, -0.2) is 4.79 Å². The van der Waals surface area contributed by atoms with Gasteiger partial charge in [0.2, 0.25) is 5.91 Å². The quantitative estimate of drug-likeness (QED) is 0.468. The first-order valence-corrected chi connectivity index (χ1v) is 9.29. The van der Waals surface area contributed by atoms with Crippen LogP contribution in [0.3, 0.4) is 0 Å². The Morgan fingerprint density at radius 3 is 2.55 bits per heavy atom. The zero-order chi connectivity index (χ0) is 21.3. The lowest BCUT2D eigenvalue weighted by atomic mass is 10.1. The average molecular weight is 405 g/mol. The van der Waals surface area contributed by atoms with Crippen molar-refractivity contribution >= 4 is 29.3 Å². The van der Waals surface area contributed by atoms with Gasteiger partial charge in [-0.3, -0.25) is 19.7 Å². The smallest absolute Gasteiger partial charge is 0.407 e. The number of carbonyl (C=O) groups is 3. The van der Waals surface area contributed by atoms with Crippen LogP contribution in [0, 0.1) is 10.1 Å². The third kappa shape index (κ3) is 4.23. The molecule has 0 saturated carbocycles. The number of nitro groups is 1. The fourth-order valence-electron chi connectivity index (χ4n) is 3.89. The summed E-state index contributed by atoms with van der Waals surface area (Å²) in [5.41, 5.74) is 0.125. The Labute approximate surface area is 166 Å². The molecule has 2 unspecified atom stereocenters. The van der Waals surface area contributed by atoms with E-state index in [0.717, 1.165) is 0 Å². The van der Waals surface area contributed by atoms with Crippen LogP contribution in [0.25, 0.3) is 0 Å². The summed E-state index contributed by atoms with van der Waals surface area (Å²) in [6.45, 7) is 4.09. The summed E-state index contributed by atoms with van der Waals surface area (Å²) < 4.78 is 0. The SMILES string of the molecule is CC(C)NC(=O)CNC(=O)c1cc(N2CC3CC2CN3C(=O)O)ccc1[N+](=O)[O-]. The van der Waals surface area contributed by atoms with Crippen LogP contribution in [0.2, 0.25) is 0 Å². The lowest BCUT2D eigenvalue weighted by Crippen LogP contribution is -2.48. The Morgan fingerprint density at radius 2 is 2.00 bits per heavy atom. The fourth-order valence-corrected chi connectivity index (χ4v) is 3.89. The number of carbonyl (C=O) groups excluding carboxylic acids is 2. The number of fused-ring (bicyclic) bond motifs is 2. The molecule has 1 aromatic rings. The van der Waals surface area contributed by atoms with Crippen molar-refractivity contribution in [2.45, 2.75) is 38.4 Å². The molecule has 0 spiro atoms. The van der Waals surface area contributed by atoms with Crippen molar-refractivity contribution in [2.75, 3.05) is 24.5 Å². The molecule has 2 aliphatic heterocycles. The minimum atomic E-state index is -0.958. The Morgan fingerprint density at radius 1 is 1.28 bits per heavy atom. The monoisotopic (exact) mass is 405 g/mol. The van der Waals surface area contributed by atoms with Crippen molar-refractivity contribution < 1.29 is 24.4 Å². The number of benzene rings is 1. The molecular formula is C18H23N5O6. The number of amides is 3. The van der Waals surface area contributed by atoms with Gasteiger partial charge >= 0.3 is 6.09 Å². The molecule has 2 bridgehead atoms. The van der Waals surface area contributed by atoms with Gasteiger partial charge in [-0.2, -0.15) is 0 Å². The van der Waals surface area contributed by atoms with E-state index in [4.69, 9.17) is 0 Å². The van der Waals surface area contributed by atoms with Crippen LogP contribution in [-0.2, 0) is 4.79 Å². The summed E-state index contributed by atoms with van der Waals surface area (Å²) in [5, 5.41) is 25.6. The zero-order valence-corrected chi connectivity index (χ0v) is 16.1. The van der Waals surface area contributed by atoms with Crippen LogP contribution in [0.15, 0.2) is 18.2 Å². The number of nitrogens with one attached hydrogen (secondary N) is 2. The van der Waals surface area contributed by atoms with Crippen molar-refractivity contribution in [2.24, 2.45) is 0 Å². The summed E-state index contributed by atoms with van der Waals surface area (Å²) >= 11 is 0. The van der Waals surface area contributed by atoms with Gasteiger partial charge in [0.1, 0.15) is 5.56 Å². The highest BCUT2D eigenvalue weighted by Gasteiger charge is 2.45. The van der Waals surface area contributed by atoms with Gasteiger partial charge in [0.05, 0.1) is 17.5 Å². The number of piperazine rings is 1. The van der Waals surface area contributed by atoms with E-state index in [1.165, 1.54) is 17.0 Å². The number of carboxylic acid groups (broad SMARTS) is 1. The normalized spacial score (nSPS) is 20.1. The lowest BCUT2D eigenvalue weighted by Gasteiger charge is -2.34. The molecule has 2 aliphatic rings. The Bertz CT molecular complexity index is 857. The summed E-state index contributed by atoms with van der Waals surface area (Å²) in [6.07, 6.45) is -0.277. The summed E-state index contributed by atoms with van der Waals surface area (Å²) in [7, 11) is 0. The summed E-state index contributed by atoms with van der Waals surface area (Å²) in [6, 6.07) is 3.99. The topological polar surface area (TPSA) is 145 Å². The highest BCUT2D eigenvalue weighted by atomic mass is 16.6. The molecule has 3 amide bonds. The van der Waals surface area contributed by atoms with Gasteiger partial charge < -0.3 is 25.5 Å². The van der Waals surface area contributed by atoms with Crippen molar-refractivity contribution in [1.29, 1.82) is 0 Å². The first kappa shape index (κ1) is 20.4. The van der Waals surface area contributed by atoms with E-state index in [0.29, 0.717) is 25.2 Å². The van der Waals surface area contributed by atoms with Crippen LogP contribution in [0.5, 0.6) is 0 Å². The van der Waals surface area contributed by atoms with E-state index in [2.05, 4.69) is 10.6 Å². The second-order valence-corrected chi connectivity index (χ2v) is 7.49. The van der Waals surface area contributed by atoms with Crippen molar-refractivity contribution in [1.82, 2.24) is 15.5 Å². The maximum atomic E-state index is 12.5. The summed E-state index contributed by atoms with van der Waals surface area (Å²) in [4.78, 5) is 49.6. The van der Waals surface area contributed by atoms with Crippen LogP contribution in [0.1, 0.15) is 30.6 Å². The molecule has 2 heterocycles. The van der Waals surface area contributed by atoms with Crippen molar-refractivity contribution in [3.05, 3.63) is 33.9 Å². The van der Waals surface area contributed by atoms with Crippen LogP contribution in [-0.4, -0.2) is 70.6 Å². The molecule has 156 valence electrons. The zero-order valence-electron chi connectivity index (χ0n) is 16.1. The van der Waals surface area contributed by atoms with Crippen molar-refractivity contribution in [3.63, 3.8) is 0 Å². The van der Waals surface area contributed by atoms with Gasteiger partial charge in [0.15, 0.2) is 0 Å². The van der Waals surface area contributed by atoms with Crippen LogP contribution < -0.4 is 15.5 Å². The maximum absolute atomic E-state index is 12.5. The molecule has 2 fully saturated rings. The maximum Gasteiger partial charge on any atom is 0.407 e. The minimum Gasteiger partial charge on any atom is -0.465 e. The van der Waals surface area contributed by atoms with Crippen LogP contribution >= 0.6 is 0 Å². The molecule has 11 nitrogen and oxygen atoms in total. The van der Waals surface area contributed by atoms with E-state index < -0.39 is 22.8 Å². The number of hydrogen-bond acceptors (Lipinski definition) is 6. The molecule has 0 aliphatic carbocycles. The number of likely N-dealkylation sites (tertiary alicyclic amines) is 1. The highest BCUT2D eigenvalue weighted by Crippen LogP contribution is 2.36. The molecule has 0 radical (unpaired) electrons. The summed E-state index contributed by atoms with van der Waals surface area (Å²) in [5.74, 6) is -1.10. The van der Waals surface area contributed by atoms with E-state index in [-0.39, 0.29) is 35.9 Å². The first-order chi connectivity index (χ1) is 13.7. The number of nitro benzene ring substituents is 1. The number of nitrogens with zero attached hydrogens (tertiary/aromatic N) is 3. The highest BCUT2D eigenvalue weighted by molar-refractivity contribution is 6.00. The predicted molar refractivity (Wildman–Crippen MR) is 103 cm³/mol. The number of anilines is 1. The van der Waals surface area contributed by atoms with E-state index in [1.54, 1.807) is 19.9 Å². The lowest BCUT2D eigenvalue weighted by molar-refractivity contribution is -0.385. The van der Waals surface area contributed by atoms with Gasteiger partial charge in [-0.05, 0) is 32.4 Å². The molecule has 2 atom stereocenters. The molecule has 3 N–H and O–H groups in total. The van der Waals surface area contributed by atoms with Crippen molar-refractivity contribution in [3.8, 4) is 0 Å². The standard InChI is InChI=1S/C18H23N5O6/c1-10(2)20-16(24)7-19-17(25)14-6-11(3-4-15(14)23(28)29)21-8-13-5-12(21)9-22(13)18(26)27/h3-4,6,10,12-13H,5,7-9H2,1-2H3,(H,19,25)(H,20,24)(H,26,27). The molecule has 11 heteroatoms. The van der Waals surface area contributed by atoms with E-state index in [9.17, 15) is 29.6 Å². The average Bonchev–Trinajstić information content (AvgIpc) is 3.26. The third-order valence-electron chi connectivity index (χ3n) is 5.10. The Balaban J connectivity index is 1.77. The Hall–Kier alpha value is -3.37. The fraction of sp³-hybridized carbons (Fsp3) is 0.500. The largest absolute Gasteiger partial charge is 0.465 e. The third-order valence-corrected chi connectivity index (χ3v) is 5.10. The molecule has 29 heavy (non-hydrogen) atoms. The first-order valence-electron chi connectivity index (χ1n) is 9.29. The van der Waals surface area contributed by atoms with Gasteiger partial charge in [0, 0.05) is 36.9 Å². The van der Waals surface area contributed by atoms with Crippen LogP contribution in [0.4, 0.5) is 16.2 Å². The van der Waals surface area contributed by atoms with Gasteiger partial charge in [-0.1, -0.05) is 0 Å². The van der Waals surface area contributed by atoms with E-state index in [1.807, 2.05) is 4.90 Å². The van der Waals surface area contributed by atoms with Gasteiger partial charge in [0.25, 0.3) is 11.6 Å². The second-order valence-electron chi connectivity index (χ2n) is 7.49. The molecule has 0 aromatic heterocycles. The molecule has 2 saturated heterocycles. The number of hydrogen-bond donors (Lipinski definition) is 3. The van der Waals surface area contributed by atoms with E-state index >= 15 is 0 Å². The second kappa shape index (κ2) is 7.94. The number of rotatable bonds is 6. The minimum absolute atomic E-state index is 0.0368.